The van der Waals surface area contributed by atoms with Gasteiger partial charge in [0, 0.05) is 26.8 Å². The molecular weight excluding hydrogens is 518 g/mol. The lowest BCUT2D eigenvalue weighted by atomic mass is 10.2. The number of nitrogens with one attached hydrogen (secondary N) is 2. The number of aliphatic imine (C=N–C) groups is 1. The molecule has 0 radical (unpaired) electrons. The summed E-state index contributed by atoms with van der Waals surface area (Å²) in [6, 6.07) is 4.53. The van der Waals surface area contributed by atoms with E-state index >= 15 is 0 Å². The number of hydrogen-bond donors (Lipinski definition) is 3. The van der Waals surface area contributed by atoms with Crippen LogP contribution in [-0.2, 0) is 15.7 Å². The monoisotopic (exact) mass is 549 g/mol. The molecule has 30 heavy (non-hydrogen) atoms. The van der Waals surface area contributed by atoms with Gasteiger partial charge in [0.15, 0.2) is 5.96 Å². The Bertz CT molecular complexity index is 607. The summed E-state index contributed by atoms with van der Waals surface area (Å²) in [5.74, 6) is 0.573. The summed E-state index contributed by atoms with van der Waals surface area (Å²) in [5, 5.41) is 16.2. The van der Waals surface area contributed by atoms with Crippen molar-refractivity contribution in [2.24, 2.45) is 4.99 Å². The Kier molecular flexibility index (Phi) is 15.7. The number of hydrogen-bond acceptors (Lipinski definition) is 5. The number of halogens is 4. The van der Waals surface area contributed by atoms with Gasteiger partial charge in [-0.25, -0.2) is 0 Å². The van der Waals surface area contributed by atoms with E-state index in [1.165, 1.54) is 12.1 Å². The molecule has 0 amide bonds. The molecule has 0 saturated carbocycles. The molecule has 1 aromatic rings. The highest BCUT2D eigenvalue weighted by Gasteiger charge is 2.30. The van der Waals surface area contributed by atoms with E-state index in [2.05, 4.69) is 15.6 Å². The molecule has 0 fully saturated rings. The van der Waals surface area contributed by atoms with Gasteiger partial charge in [-0.05, 0) is 31.5 Å². The van der Waals surface area contributed by atoms with E-state index < -0.39 is 17.8 Å². The molecule has 1 aromatic carbocycles. The van der Waals surface area contributed by atoms with Gasteiger partial charge in [-0.15, -0.1) is 24.0 Å². The minimum atomic E-state index is -4.44. The standard InChI is InChI=1S/C19H30F3N3O4.HI/c1-3-23-18(24-8-5-9-28-11-10-27-2)25-13-16(26)14-29-17-7-4-6-15(12-17)19(20,21)22;/h4,6-7,12,16,26H,3,5,8-11,13-14H2,1-2H3,(H2,23,24,25);1H. The predicted molar refractivity (Wildman–Crippen MR) is 120 cm³/mol. The lowest BCUT2D eigenvalue weighted by Crippen LogP contribution is -2.39. The highest BCUT2D eigenvalue weighted by Crippen LogP contribution is 2.31. The number of rotatable bonds is 13. The largest absolute Gasteiger partial charge is 0.491 e. The van der Waals surface area contributed by atoms with Crippen LogP contribution in [0.3, 0.4) is 0 Å². The second-order valence-corrected chi connectivity index (χ2v) is 6.10. The molecule has 174 valence electrons. The first-order valence-electron chi connectivity index (χ1n) is 9.43. The number of methoxy groups -OCH3 is 1. The summed E-state index contributed by atoms with van der Waals surface area (Å²) in [6.45, 7) is 4.75. The lowest BCUT2D eigenvalue weighted by Gasteiger charge is -2.14. The van der Waals surface area contributed by atoms with Crippen LogP contribution in [0, 0.1) is 0 Å². The first-order valence-corrected chi connectivity index (χ1v) is 9.43. The summed E-state index contributed by atoms with van der Waals surface area (Å²) in [5.41, 5.74) is -0.799. The number of ether oxygens (including phenoxy) is 3. The second kappa shape index (κ2) is 16.4. The fourth-order valence-corrected chi connectivity index (χ4v) is 2.17. The summed E-state index contributed by atoms with van der Waals surface area (Å²) >= 11 is 0. The third-order valence-corrected chi connectivity index (χ3v) is 3.60. The zero-order valence-electron chi connectivity index (χ0n) is 17.2. The van der Waals surface area contributed by atoms with Crippen molar-refractivity contribution in [3.05, 3.63) is 29.8 Å². The maximum Gasteiger partial charge on any atom is 0.416 e. The molecule has 1 rings (SSSR count). The first-order chi connectivity index (χ1) is 13.9. The highest BCUT2D eigenvalue weighted by atomic mass is 127. The topological polar surface area (TPSA) is 84.3 Å². The van der Waals surface area contributed by atoms with Gasteiger partial charge < -0.3 is 30.0 Å². The maximum atomic E-state index is 12.7. The minimum absolute atomic E-state index is 0. The van der Waals surface area contributed by atoms with Crippen molar-refractivity contribution in [3.63, 3.8) is 0 Å². The quantitative estimate of drug-likeness (QED) is 0.152. The zero-order chi connectivity index (χ0) is 21.5. The maximum absolute atomic E-state index is 12.7. The van der Waals surface area contributed by atoms with Crippen LogP contribution >= 0.6 is 24.0 Å². The Morgan fingerprint density at radius 1 is 1.20 bits per heavy atom. The number of nitrogens with zero attached hydrogens (tertiary/aromatic N) is 1. The lowest BCUT2D eigenvalue weighted by molar-refractivity contribution is -0.137. The average molecular weight is 549 g/mol. The van der Waals surface area contributed by atoms with Gasteiger partial charge in [0.1, 0.15) is 18.5 Å². The second-order valence-electron chi connectivity index (χ2n) is 6.10. The molecule has 0 spiro atoms. The Morgan fingerprint density at radius 3 is 2.63 bits per heavy atom. The third kappa shape index (κ3) is 13.1. The molecule has 3 N–H and O–H groups in total. The van der Waals surface area contributed by atoms with Crippen molar-refractivity contribution < 1.29 is 32.5 Å². The summed E-state index contributed by atoms with van der Waals surface area (Å²) in [7, 11) is 1.61. The van der Waals surface area contributed by atoms with Gasteiger partial charge in [0.2, 0.25) is 0 Å². The van der Waals surface area contributed by atoms with Crippen LogP contribution in [0.25, 0.3) is 0 Å². The average Bonchev–Trinajstić information content (AvgIpc) is 2.69. The number of benzene rings is 1. The van der Waals surface area contributed by atoms with E-state index in [4.69, 9.17) is 14.2 Å². The van der Waals surface area contributed by atoms with Crippen LogP contribution in [0.5, 0.6) is 5.75 Å². The van der Waals surface area contributed by atoms with E-state index in [1.54, 1.807) is 7.11 Å². The summed E-state index contributed by atoms with van der Waals surface area (Å²) in [4.78, 5) is 4.25. The van der Waals surface area contributed by atoms with Gasteiger partial charge in [0.25, 0.3) is 0 Å². The molecule has 0 aliphatic rings. The van der Waals surface area contributed by atoms with E-state index in [1.807, 2.05) is 6.92 Å². The SMILES string of the molecule is CCNC(=NCC(O)COc1cccc(C(F)(F)F)c1)NCCCOCCOC.I. The number of guanidine groups is 1. The van der Waals surface area contributed by atoms with Crippen LogP contribution in [0.15, 0.2) is 29.3 Å². The number of aliphatic hydroxyl groups excluding tert-OH is 1. The number of aliphatic hydroxyl groups is 1. The number of alkyl halides is 3. The molecular formula is C19H31F3IN3O4. The van der Waals surface area contributed by atoms with Crippen molar-refractivity contribution in [1.29, 1.82) is 0 Å². The molecule has 0 aromatic heterocycles. The molecule has 0 aliphatic carbocycles. The Labute approximate surface area is 192 Å². The van der Waals surface area contributed by atoms with Crippen LogP contribution < -0.4 is 15.4 Å². The van der Waals surface area contributed by atoms with Crippen LogP contribution in [0.2, 0.25) is 0 Å². The molecule has 0 aliphatic heterocycles. The highest BCUT2D eigenvalue weighted by molar-refractivity contribution is 14.0. The van der Waals surface area contributed by atoms with E-state index in [9.17, 15) is 18.3 Å². The molecule has 1 atom stereocenters. The first kappa shape index (κ1) is 28.7. The van der Waals surface area contributed by atoms with E-state index in [0.717, 1.165) is 18.6 Å². The minimum Gasteiger partial charge on any atom is -0.491 e. The van der Waals surface area contributed by atoms with Gasteiger partial charge in [-0.1, -0.05) is 6.07 Å². The predicted octanol–water partition coefficient (Wildman–Crippen LogP) is 2.67. The van der Waals surface area contributed by atoms with Crippen molar-refractivity contribution in [2.75, 3.05) is 53.2 Å². The smallest absolute Gasteiger partial charge is 0.416 e. The van der Waals surface area contributed by atoms with Crippen LogP contribution in [0.1, 0.15) is 18.9 Å². The fourth-order valence-electron chi connectivity index (χ4n) is 2.17. The van der Waals surface area contributed by atoms with Crippen LogP contribution in [0.4, 0.5) is 13.2 Å². The molecule has 1 unspecified atom stereocenters. The summed E-state index contributed by atoms with van der Waals surface area (Å²) in [6.07, 6.45) is -4.63. The fraction of sp³-hybridized carbons (Fsp3) is 0.632. The molecule has 0 heterocycles. The van der Waals surface area contributed by atoms with Gasteiger partial charge in [-0.3, -0.25) is 4.99 Å². The Hall–Kier alpha value is -1.31. The van der Waals surface area contributed by atoms with Crippen molar-refractivity contribution in [1.82, 2.24) is 10.6 Å². The third-order valence-electron chi connectivity index (χ3n) is 3.60. The Morgan fingerprint density at radius 2 is 1.97 bits per heavy atom. The Balaban J connectivity index is 0.00000841. The van der Waals surface area contributed by atoms with Crippen molar-refractivity contribution >= 4 is 29.9 Å². The van der Waals surface area contributed by atoms with Crippen LogP contribution in [-0.4, -0.2) is 70.3 Å². The molecule has 0 bridgehead atoms. The molecule has 7 nitrogen and oxygen atoms in total. The normalized spacial score (nSPS) is 12.8. The van der Waals surface area contributed by atoms with Crippen molar-refractivity contribution in [2.45, 2.75) is 25.6 Å². The van der Waals surface area contributed by atoms with Gasteiger partial charge in [0.05, 0.1) is 25.3 Å². The van der Waals surface area contributed by atoms with E-state index in [-0.39, 0.29) is 42.9 Å². The van der Waals surface area contributed by atoms with Crippen molar-refractivity contribution in [3.8, 4) is 5.75 Å². The van der Waals surface area contributed by atoms with Gasteiger partial charge in [-0.2, -0.15) is 13.2 Å². The van der Waals surface area contributed by atoms with E-state index in [0.29, 0.717) is 38.9 Å². The van der Waals surface area contributed by atoms with Gasteiger partial charge >= 0.3 is 6.18 Å². The molecule has 11 heteroatoms. The summed E-state index contributed by atoms with van der Waals surface area (Å²) < 4.78 is 53.6. The zero-order valence-corrected chi connectivity index (χ0v) is 19.5. The molecule has 0 saturated heterocycles.